The molecule has 4 nitrogen and oxygen atoms in total. The first-order valence-electron chi connectivity index (χ1n) is 6.46. The lowest BCUT2D eigenvalue weighted by molar-refractivity contribution is -0.121. The van der Waals surface area contributed by atoms with Crippen molar-refractivity contribution >= 4 is 34.2 Å². The van der Waals surface area contributed by atoms with Gasteiger partial charge in [0.15, 0.2) is 0 Å². The Bertz CT molecular complexity index is 426. The Kier molecular flexibility index (Phi) is 5.18. The number of carbonyl (C=O) groups excluding carboxylic acids is 1. The van der Waals surface area contributed by atoms with Crippen LogP contribution in [0.1, 0.15) is 13.8 Å². The molecule has 2 rings (SSSR count). The molecule has 5 heteroatoms. The van der Waals surface area contributed by atoms with Crippen LogP contribution >= 0.6 is 22.6 Å². The second kappa shape index (κ2) is 6.67. The van der Waals surface area contributed by atoms with Gasteiger partial charge in [0.05, 0.1) is 18.8 Å². The summed E-state index contributed by atoms with van der Waals surface area (Å²) in [6.45, 7) is 6.12. The van der Waals surface area contributed by atoms with E-state index in [4.69, 9.17) is 4.74 Å². The minimum atomic E-state index is 0.0301. The summed E-state index contributed by atoms with van der Waals surface area (Å²) in [5, 5.41) is 2.92. The normalized spacial score (nSPS) is 24.2. The molecule has 1 heterocycles. The van der Waals surface area contributed by atoms with Gasteiger partial charge < -0.3 is 10.1 Å². The highest BCUT2D eigenvalue weighted by molar-refractivity contribution is 14.1. The Labute approximate surface area is 127 Å². The van der Waals surface area contributed by atoms with E-state index in [1.807, 2.05) is 38.1 Å². The predicted octanol–water partition coefficient (Wildman–Crippen LogP) is 2.34. The fourth-order valence-corrected chi connectivity index (χ4v) is 2.71. The predicted molar refractivity (Wildman–Crippen MR) is 84.2 cm³/mol. The third-order valence-electron chi connectivity index (χ3n) is 2.99. The van der Waals surface area contributed by atoms with E-state index in [1.54, 1.807) is 0 Å². The number of hydrogen-bond donors (Lipinski definition) is 1. The van der Waals surface area contributed by atoms with Crippen LogP contribution in [0.15, 0.2) is 24.3 Å². The average Bonchev–Trinajstić information content (AvgIpc) is 2.30. The monoisotopic (exact) mass is 374 g/mol. The lowest BCUT2D eigenvalue weighted by Gasteiger charge is -2.34. The first kappa shape index (κ1) is 14.7. The molecule has 1 aliphatic rings. The molecule has 1 aromatic rings. The molecular formula is C14H19IN2O2. The van der Waals surface area contributed by atoms with Gasteiger partial charge in [-0.2, -0.15) is 0 Å². The summed E-state index contributed by atoms with van der Waals surface area (Å²) in [6.07, 6.45) is 0.379. The molecule has 19 heavy (non-hydrogen) atoms. The molecule has 1 amide bonds. The average molecular weight is 374 g/mol. The molecular weight excluding hydrogens is 355 g/mol. The van der Waals surface area contributed by atoms with Gasteiger partial charge in [-0.05, 0) is 60.7 Å². The number of ether oxygens (including phenoxy) is 1. The molecule has 0 radical (unpaired) electrons. The molecule has 0 spiro atoms. The third kappa shape index (κ3) is 4.74. The molecule has 0 unspecified atom stereocenters. The summed E-state index contributed by atoms with van der Waals surface area (Å²) in [7, 11) is 0. The third-order valence-corrected chi connectivity index (χ3v) is 3.71. The number of nitrogens with zero attached hydrogens (tertiary/aromatic N) is 1. The van der Waals surface area contributed by atoms with Crippen molar-refractivity contribution in [2.75, 3.05) is 25.0 Å². The minimum absolute atomic E-state index is 0.0301. The minimum Gasteiger partial charge on any atom is -0.373 e. The van der Waals surface area contributed by atoms with Crippen LogP contribution in [-0.2, 0) is 9.53 Å². The second-order valence-electron chi connectivity index (χ2n) is 5.01. The van der Waals surface area contributed by atoms with Crippen molar-refractivity contribution in [3.05, 3.63) is 27.8 Å². The van der Waals surface area contributed by atoms with Crippen LogP contribution in [0.3, 0.4) is 0 Å². The molecule has 1 aliphatic heterocycles. The fourth-order valence-electron chi connectivity index (χ4n) is 2.35. The SMILES string of the molecule is C[C@H]1CN(CC(=O)Nc2ccc(I)cc2)C[C@H](C)O1. The van der Waals surface area contributed by atoms with Crippen LogP contribution in [-0.4, -0.2) is 42.6 Å². The first-order chi connectivity index (χ1) is 9.02. The number of morpholine rings is 1. The van der Waals surface area contributed by atoms with Crippen molar-refractivity contribution in [1.29, 1.82) is 0 Å². The Morgan fingerprint density at radius 2 is 1.89 bits per heavy atom. The highest BCUT2D eigenvalue weighted by Crippen LogP contribution is 2.13. The van der Waals surface area contributed by atoms with Gasteiger partial charge in [0, 0.05) is 22.3 Å². The van der Waals surface area contributed by atoms with Gasteiger partial charge >= 0.3 is 0 Å². The Morgan fingerprint density at radius 1 is 1.32 bits per heavy atom. The quantitative estimate of drug-likeness (QED) is 0.826. The van der Waals surface area contributed by atoms with Gasteiger partial charge in [0.25, 0.3) is 0 Å². The maximum absolute atomic E-state index is 12.0. The highest BCUT2D eigenvalue weighted by Gasteiger charge is 2.23. The maximum Gasteiger partial charge on any atom is 0.238 e. The van der Waals surface area contributed by atoms with Crippen LogP contribution in [0, 0.1) is 3.57 Å². The number of nitrogens with one attached hydrogen (secondary N) is 1. The number of hydrogen-bond acceptors (Lipinski definition) is 3. The maximum atomic E-state index is 12.0. The van der Waals surface area contributed by atoms with Gasteiger partial charge in [0.2, 0.25) is 5.91 Å². The second-order valence-corrected chi connectivity index (χ2v) is 6.25. The van der Waals surface area contributed by atoms with E-state index in [2.05, 4.69) is 32.8 Å². The van der Waals surface area contributed by atoms with Gasteiger partial charge in [-0.15, -0.1) is 0 Å². The van der Waals surface area contributed by atoms with Crippen molar-refractivity contribution in [3.8, 4) is 0 Å². The summed E-state index contributed by atoms with van der Waals surface area (Å²) < 4.78 is 6.81. The van der Waals surface area contributed by atoms with Crippen LogP contribution in [0.5, 0.6) is 0 Å². The summed E-state index contributed by atoms with van der Waals surface area (Å²) in [6, 6.07) is 7.80. The largest absolute Gasteiger partial charge is 0.373 e. The number of carbonyl (C=O) groups is 1. The lowest BCUT2D eigenvalue weighted by Crippen LogP contribution is -2.48. The van der Waals surface area contributed by atoms with Crippen molar-refractivity contribution in [1.82, 2.24) is 4.90 Å². The Hall–Kier alpha value is -0.660. The van der Waals surface area contributed by atoms with Gasteiger partial charge in [-0.1, -0.05) is 0 Å². The van der Waals surface area contributed by atoms with E-state index in [9.17, 15) is 4.79 Å². The molecule has 0 bridgehead atoms. The molecule has 104 valence electrons. The van der Waals surface area contributed by atoms with Crippen LogP contribution in [0.4, 0.5) is 5.69 Å². The number of anilines is 1. The Balaban J connectivity index is 1.85. The zero-order valence-corrected chi connectivity index (χ0v) is 13.4. The van der Waals surface area contributed by atoms with E-state index in [0.29, 0.717) is 6.54 Å². The summed E-state index contributed by atoms with van der Waals surface area (Å²) in [5.74, 6) is 0.0301. The van der Waals surface area contributed by atoms with Crippen molar-refractivity contribution in [2.24, 2.45) is 0 Å². The van der Waals surface area contributed by atoms with Crippen LogP contribution in [0.2, 0.25) is 0 Å². The van der Waals surface area contributed by atoms with E-state index in [1.165, 1.54) is 0 Å². The lowest BCUT2D eigenvalue weighted by atomic mass is 10.2. The molecule has 1 N–H and O–H groups in total. The first-order valence-corrected chi connectivity index (χ1v) is 7.54. The van der Waals surface area contributed by atoms with Crippen molar-refractivity contribution in [3.63, 3.8) is 0 Å². The summed E-state index contributed by atoms with van der Waals surface area (Å²) >= 11 is 2.24. The molecule has 1 aromatic carbocycles. The van der Waals surface area contributed by atoms with E-state index < -0.39 is 0 Å². The molecule has 1 saturated heterocycles. The summed E-state index contributed by atoms with van der Waals surface area (Å²) in [5.41, 5.74) is 0.847. The van der Waals surface area contributed by atoms with Gasteiger partial charge in [0.1, 0.15) is 0 Å². The molecule has 1 fully saturated rings. The van der Waals surface area contributed by atoms with E-state index >= 15 is 0 Å². The Morgan fingerprint density at radius 3 is 2.47 bits per heavy atom. The summed E-state index contributed by atoms with van der Waals surface area (Å²) in [4.78, 5) is 14.1. The van der Waals surface area contributed by atoms with Crippen molar-refractivity contribution < 1.29 is 9.53 Å². The van der Waals surface area contributed by atoms with Gasteiger partial charge in [-0.25, -0.2) is 0 Å². The highest BCUT2D eigenvalue weighted by atomic mass is 127. The molecule has 0 saturated carbocycles. The number of amides is 1. The van der Waals surface area contributed by atoms with Crippen LogP contribution < -0.4 is 5.32 Å². The van der Waals surface area contributed by atoms with E-state index in [0.717, 1.165) is 22.3 Å². The molecule has 0 aliphatic carbocycles. The zero-order valence-electron chi connectivity index (χ0n) is 11.2. The molecule has 2 atom stereocenters. The fraction of sp³-hybridized carbons (Fsp3) is 0.500. The number of benzene rings is 1. The topological polar surface area (TPSA) is 41.6 Å². The zero-order chi connectivity index (χ0) is 13.8. The van der Waals surface area contributed by atoms with Gasteiger partial charge in [-0.3, -0.25) is 9.69 Å². The number of rotatable bonds is 3. The van der Waals surface area contributed by atoms with Crippen LogP contribution in [0.25, 0.3) is 0 Å². The molecule has 0 aromatic heterocycles. The standard InChI is InChI=1S/C14H19IN2O2/c1-10-7-17(8-11(2)19-10)9-14(18)16-13-5-3-12(15)4-6-13/h3-6,10-11H,7-9H2,1-2H3,(H,16,18)/t10-,11-/m0/s1. The number of halogens is 1. The van der Waals surface area contributed by atoms with E-state index in [-0.39, 0.29) is 18.1 Å². The smallest absolute Gasteiger partial charge is 0.238 e. The van der Waals surface area contributed by atoms with Crippen molar-refractivity contribution in [2.45, 2.75) is 26.1 Å².